The molecule has 1 aliphatic rings. The van der Waals surface area contributed by atoms with Crippen molar-refractivity contribution in [3.63, 3.8) is 0 Å². The molecule has 4 nitrogen and oxygen atoms in total. The van der Waals surface area contributed by atoms with E-state index in [1.165, 1.54) is 23.1 Å². The second-order valence-electron chi connectivity index (χ2n) is 6.77. The van der Waals surface area contributed by atoms with Crippen molar-refractivity contribution in [1.82, 2.24) is 4.90 Å². The Morgan fingerprint density at radius 1 is 1.14 bits per heavy atom. The van der Waals surface area contributed by atoms with Crippen LogP contribution < -0.4 is 10.5 Å². The number of thiophene rings is 1. The average Bonchev–Trinajstić information content (AvgIpc) is 3.18. The zero-order chi connectivity index (χ0) is 19.5. The largest absolute Gasteiger partial charge is 0.457 e. The molecule has 28 heavy (non-hydrogen) atoms. The van der Waals surface area contributed by atoms with E-state index in [2.05, 4.69) is 0 Å². The lowest BCUT2D eigenvalue weighted by Gasteiger charge is -2.27. The van der Waals surface area contributed by atoms with Crippen LogP contribution in [0.1, 0.15) is 26.4 Å². The fourth-order valence-electron chi connectivity index (χ4n) is 3.35. The van der Waals surface area contributed by atoms with Crippen LogP contribution in [-0.2, 0) is 19.4 Å². The van der Waals surface area contributed by atoms with Crippen molar-refractivity contribution in [3.05, 3.63) is 81.3 Å². The minimum Gasteiger partial charge on any atom is -0.457 e. The first-order chi connectivity index (χ1) is 13.6. The quantitative estimate of drug-likeness (QED) is 0.696. The number of carbonyl (C=O) groups is 1. The first-order valence-corrected chi connectivity index (χ1v) is 10.1. The molecule has 2 N–H and O–H groups in total. The molecule has 0 bridgehead atoms. The van der Waals surface area contributed by atoms with Gasteiger partial charge in [-0.2, -0.15) is 0 Å². The number of nitrogens with zero attached hydrogens (tertiary/aromatic N) is 1. The van der Waals surface area contributed by atoms with E-state index in [-0.39, 0.29) is 11.5 Å². The molecule has 1 aliphatic heterocycles. The lowest BCUT2D eigenvalue weighted by Crippen LogP contribution is -2.35. The van der Waals surface area contributed by atoms with E-state index in [9.17, 15) is 9.18 Å². The van der Waals surface area contributed by atoms with Gasteiger partial charge >= 0.3 is 0 Å². The van der Waals surface area contributed by atoms with E-state index < -0.39 is 5.82 Å². The van der Waals surface area contributed by atoms with Crippen molar-refractivity contribution in [3.8, 4) is 11.5 Å². The number of nitrogens with two attached hydrogens (primary N) is 1. The van der Waals surface area contributed by atoms with Crippen LogP contribution in [0.25, 0.3) is 0 Å². The number of carbonyl (C=O) groups excluding carboxylic acids is 1. The molecule has 3 aromatic rings. The summed E-state index contributed by atoms with van der Waals surface area (Å²) in [5.74, 6) is 0.223. The van der Waals surface area contributed by atoms with E-state index in [1.54, 1.807) is 16.2 Å². The highest BCUT2D eigenvalue weighted by Crippen LogP contribution is 2.28. The monoisotopic (exact) mass is 396 g/mol. The average molecular weight is 396 g/mol. The summed E-state index contributed by atoms with van der Waals surface area (Å²) < 4.78 is 20.2. The minimum absolute atomic E-state index is 0.0379. The molecule has 0 atom stereocenters. The van der Waals surface area contributed by atoms with Gasteiger partial charge in [0.05, 0.1) is 5.56 Å². The lowest BCUT2D eigenvalue weighted by molar-refractivity contribution is 0.0730. The SMILES string of the molecule is NCCc1ccc(Oc2ccc(F)c(C(=O)N3CCc4sccc4C3)c2)cc1. The molecule has 0 aliphatic carbocycles. The number of ether oxygens (including phenoxy) is 1. The topological polar surface area (TPSA) is 55.6 Å². The summed E-state index contributed by atoms with van der Waals surface area (Å²) >= 11 is 1.71. The Bertz CT molecular complexity index is 984. The van der Waals surface area contributed by atoms with Crippen molar-refractivity contribution in [1.29, 1.82) is 0 Å². The van der Waals surface area contributed by atoms with E-state index in [4.69, 9.17) is 10.5 Å². The Labute approximate surface area is 167 Å². The number of amides is 1. The van der Waals surface area contributed by atoms with Crippen molar-refractivity contribution in [2.45, 2.75) is 19.4 Å². The van der Waals surface area contributed by atoms with Gasteiger partial charge in [-0.15, -0.1) is 11.3 Å². The molecule has 0 fully saturated rings. The molecule has 6 heteroatoms. The molecular formula is C22H21FN2O2S. The van der Waals surface area contributed by atoms with Crippen LogP contribution in [0, 0.1) is 5.82 Å². The van der Waals surface area contributed by atoms with Crippen LogP contribution in [0.15, 0.2) is 53.9 Å². The highest BCUT2D eigenvalue weighted by Gasteiger charge is 2.25. The number of hydrogen-bond donors (Lipinski definition) is 1. The van der Waals surface area contributed by atoms with Gasteiger partial charge in [0.1, 0.15) is 17.3 Å². The first kappa shape index (κ1) is 18.7. The second kappa shape index (κ2) is 8.12. The third kappa shape index (κ3) is 3.93. The van der Waals surface area contributed by atoms with Crippen LogP contribution in [0.2, 0.25) is 0 Å². The number of halogens is 1. The van der Waals surface area contributed by atoms with Crippen LogP contribution >= 0.6 is 11.3 Å². The van der Waals surface area contributed by atoms with Crippen molar-refractivity contribution in [2.24, 2.45) is 5.73 Å². The van der Waals surface area contributed by atoms with Crippen molar-refractivity contribution in [2.75, 3.05) is 13.1 Å². The van der Waals surface area contributed by atoms with Gasteiger partial charge in [-0.25, -0.2) is 4.39 Å². The molecule has 0 unspecified atom stereocenters. The molecule has 0 saturated heterocycles. The molecule has 0 spiro atoms. The fourth-order valence-corrected chi connectivity index (χ4v) is 4.24. The van der Waals surface area contributed by atoms with Gasteiger partial charge < -0.3 is 15.4 Å². The van der Waals surface area contributed by atoms with Crippen molar-refractivity contribution < 1.29 is 13.9 Å². The van der Waals surface area contributed by atoms with Gasteiger partial charge in [-0.05, 0) is 72.3 Å². The molecular weight excluding hydrogens is 375 g/mol. The van der Waals surface area contributed by atoms with Gasteiger partial charge in [0.25, 0.3) is 5.91 Å². The maximum atomic E-state index is 14.4. The fraction of sp³-hybridized carbons (Fsp3) is 0.227. The predicted molar refractivity (Wildman–Crippen MR) is 108 cm³/mol. The molecule has 2 heterocycles. The van der Waals surface area contributed by atoms with Crippen LogP contribution in [-0.4, -0.2) is 23.9 Å². The van der Waals surface area contributed by atoms with E-state index in [0.29, 0.717) is 31.1 Å². The smallest absolute Gasteiger partial charge is 0.257 e. The van der Waals surface area contributed by atoms with E-state index in [1.807, 2.05) is 35.7 Å². The molecule has 0 saturated carbocycles. The Morgan fingerprint density at radius 2 is 1.93 bits per heavy atom. The third-order valence-corrected chi connectivity index (χ3v) is 5.88. The first-order valence-electron chi connectivity index (χ1n) is 9.25. The van der Waals surface area contributed by atoms with Crippen molar-refractivity contribution >= 4 is 17.2 Å². The maximum Gasteiger partial charge on any atom is 0.257 e. The van der Waals surface area contributed by atoms with Gasteiger partial charge in [-0.3, -0.25) is 4.79 Å². The Balaban J connectivity index is 1.51. The molecule has 1 aromatic heterocycles. The highest BCUT2D eigenvalue weighted by molar-refractivity contribution is 7.10. The zero-order valence-corrected chi connectivity index (χ0v) is 16.2. The van der Waals surface area contributed by atoms with Gasteiger partial charge in [-0.1, -0.05) is 12.1 Å². The van der Waals surface area contributed by atoms with Crippen LogP contribution in [0.4, 0.5) is 4.39 Å². The second-order valence-corrected chi connectivity index (χ2v) is 7.77. The van der Waals surface area contributed by atoms with Gasteiger partial charge in [0.15, 0.2) is 0 Å². The third-order valence-electron chi connectivity index (χ3n) is 4.86. The van der Waals surface area contributed by atoms with E-state index >= 15 is 0 Å². The van der Waals surface area contributed by atoms with E-state index in [0.717, 1.165) is 24.0 Å². The Kier molecular flexibility index (Phi) is 5.41. The summed E-state index contributed by atoms with van der Waals surface area (Å²) in [5, 5.41) is 2.03. The molecule has 144 valence electrons. The minimum atomic E-state index is -0.535. The highest BCUT2D eigenvalue weighted by atomic mass is 32.1. The Hall–Kier alpha value is -2.70. The standard InChI is InChI=1S/C22H21FN2O2S/c23-20-6-5-18(27-17-3-1-15(2-4-17)7-10-24)13-19(20)22(26)25-11-8-21-16(14-25)9-12-28-21/h1-6,9,12-13H,7-8,10-11,14,24H2. The number of fused-ring (bicyclic) bond motifs is 1. The normalized spacial score (nSPS) is 13.3. The molecule has 1 amide bonds. The number of rotatable bonds is 5. The summed E-state index contributed by atoms with van der Waals surface area (Å²) in [6.07, 6.45) is 1.61. The molecule has 4 rings (SSSR count). The number of benzene rings is 2. The molecule has 0 radical (unpaired) electrons. The summed E-state index contributed by atoms with van der Waals surface area (Å²) in [7, 11) is 0. The number of hydrogen-bond acceptors (Lipinski definition) is 4. The molecule has 2 aromatic carbocycles. The predicted octanol–water partition coefficient (Wildman–Crippen LogP) is 4.38. The summed E-state index contributed by atoms with van der Waals surface area (Å²) in [6, 6.07) is 13.9. The zero-order valence-electron chi connectivity index (χ0n) is 15.4. The maximum absolute atomic E-state index is 14.4. The summed E-state index contributed by atoms with van der Waals surface area (Å²) in [5.41, 5.74) is 7.87. The van der Waals surface area contributed by atoms with Gasteiger partial charge in [0, 0.05) is 18.0 Å². The van der Waals surface area contributed by atoms with Crippen LogP contribution in [0.5, 0.6) is 11.5 Å². The van der Waals surface area contributed by atoms with Crippen LogP contribution in [0.3, 0.4) is 0 Å². The summed E-state index contributed by atoms with van der Waals surface area (Å²) in [4.78, 5) is 15.9. The lowest BCUT2D eigenvalue weighted by atomic mass is 10.1. The summed E-state index contributed by atoms with van der Waals surface area (Å²) in [6.45, 7) is 1.71. The van der Waals surface area contributed by atoms with Gasteiger partial charge in [0.2, 0.25) is 0 Å². The Morgan fingerprint density at radius 3 is 2.71 bits per heavy atom.